The van der Waals surface area contributed by atoms with Crippen LogP contribution in [0.1, 0.15) is 147 Å². The van der Waals surface area contributed by atoms with Gasteiger partial charge in [0.1, 0.15) is 28.0 Å². The summed E-state index contributed by atoms with van der Waals surface area (Å²) in [5, 5.41) is 31.9. The maximum absolute atomic E-state index is 15.5. The zero-order chi connectivity index (χ0) is 48.4. The highest BCUT2D eigenvalue weighted by Gasteiger charge is 2.51. The summed E-state index contributed by atoms with van der Waals surface area (Å²) in [6.07, 6.45) is -2.19. The summed E-state index contributed by atoms with van der Waals surface area (Å²) in [5.41, 5.74) is -11.2. The molecule has 1 aromatic rings. The van der Waals surface area contributed by atoms with Crippen LogP contribution in [0, 0.1) is 35.5 Å². The third kappa shape index (κ3) is 9.89. The number of benzene rings is 1. The lowest BCUT2D eigenvalue weighted by molar-refractivity contribution is -0.202. The first-order valence-electron chi connectivity index (χ1n) is 23.7. The number of aliphatic hydroxyl groups excluding tert-OH is 1. The van der Waals surface area contributed by atoms with Crippen molar-refractivity contribution in [2.45, 2.75) is 123 Å². The Labute approximate surface area is 388 Å². The summed E-state index contributed by atoms with van der Waals surface area (Å²) in [5.74, 6) is -6.92. The van der Waals surface area contributed by atoms with Crippen LogP contribution in [0.15, 0.2) is 0 Å². The van der Waals surface area contributed by atoms with Crippen LogP contribution < -0.4 is 31.9 Å². The molecule has 7 N–H and O–H groups in total. The van der Waals surface area contributed by atoms with E-state index in [0.717, 1.165) is 0 Å². The fourth-order valence-electron chi connectivity index (χ4n) is 9.04. The summed E-state index contributed by atoms with van der Waals surface area (Å²) < 4.78 is 38.2. The van der Waals surface area contributed by atoms with Crippen LogP contribution in [0.25, 0.3) is 0 Å². The predicted molar refractivity (Wildman–Crippen MR) is 242 cm³/mol. The second-order valence-corrected chi connectivity index (χ2v) is 22.5. The van der Waals surface area contributed by atoms with Crippen molar-refractivity contribution in [2.24, 2.45) is 35.5 Å². The Kier molecular flexibility index (Phi) is 13.9. The van der Waals surface area contributed by atoms with Crippen LogP contribution in [-0.2, 0) is 28.4 Å². The second-order valence-electron chi connectivity index (χ2n) is 22.5. The van der Waals surface area contributed by atoms with E-state index in [1.807, 2.05) is 0 Å². The molecule has 0 aliphatic carbocycles. The number of nitrogens with one attached hydrogen (secondary N) is 6. The minimum absolute atomic E-state index is 0.131. The minimum Gasteiger partial charge on any atom is -0.456 e. The molecule has 18 nitrogen and oxygen atoms in total. The van der Waals surface area contributed by atoms with Gasteiger partial charge in [-0.3, -0.25) is 0 Å². The molecular formula is C48H74N6O12. The number of carbonyl (C=O) groups is 5. The average Bonchev–Trinajstić information content (AvgIpc) is 2.98. The van der Waals surface area contributed by atoms with E-state index in [-0.39, 0.29) is 35.5 Å². The van der Waals surface area contributed by atoms with Crippen LogP contribution >= 0.6 is 0 Å². The molecule has 1 aromatic carbocycles. The van der Waals surface area contributed by atoms with Crippen LogP contribution in [0.5, 0.6) is 0 Å². The number of carbonyl (C=O) groups excluding carboxylic acids is 5. The zero-order valence-corrected chi connectivity index (χ0v) is 41.0. The molecule has 368 valence electrons. The zero-order valence-electron chi connectivity index (χ0n) is 41.0. The van der Waals surface area contributed by atoms with Crippen LogP contribution in [0.3, 0.4) is 0 Å². The normalized spacial score (nSPS) is 21.2. The van der Waals surface area contributed by atoms with Gasteiger partial charge in [0.2, 0.25) is 0 Å². The van der Waals surface area contributed by atoms with E-state index < -0.39 is 103 Å². The lowest BCUT2D eigenvalue weighted by Gasteiger charge is -2.43. The fourth-order valence-corrected chi connectivity index (χ4v) is 9.04. The Hall–Kier alpha value is -3.75. The molecular weight excluding hydrogens is 853 g/mol. The molecule has 6 aliphatic rings. The van der Waals surface area contributed by atoms with Crippen LogP contribution in [0.2, 0.25) is 0 Å². The molecule has 18 heteroatoms. The van der Waals surface area contributed by atoms with E-state index >= 15 is 24.0 Å². The van der Waals surface area contributed by atoms with E-state index in [9.17, 15) is 5.11 Å². The average molecular weight is 927 g/mol. The molecule has 6 fully saturated rings. The van der Waals surface area contributed by atoms with Gasteiger partial charge in [-0.25, -0.2) is 24.0 Å². The van der Waals surface area contributed by atoms with Gasteiger partial charge in [-0.2, -0.15) is 0 Å². The quantitative estimate of drug-likeness (QED) is 0.0600. The third-order valence-corrected chi connectivity index (χ3v) is 15.6. The highest BCUT2D eigenvalue weighted by molar-refractivity contribution is 6.20. The predicted octanol–water partition coefficient (Wildman–Crippen LogP) is 2.47. The van der Waals surface area contributed by atoms with Gasteiger partial charge >= 0.3 is 29.8 Å². The van der Waals surface area contributed by atoms with E-state index in [2.05, 4.69) is 31.9 Å². The van der Waals surface area contributed by atoms with Gasteiger partial charge in [0, 0.05) is 120 Å². The first-order chi connectivity index (χ1) is 30.7. The number of hydrogen-bond donors (Lipinski definition) is 7. The van der Waals surface area contributed by atoms with Crippen molar-refractivity contribution >= 4 is 29.8 Å². The minimum atomic E-state index is -2.19. The maximum Gasteiger partial charge on any atom is 0.340 e. The Morgan fingerprint density at radius 2 is 0.545 bits per heavy atom. The first kappa shape index (κ1) is 50.1. The lowest BCUT2D eigenvalue weighted by atomic mass is 9.82. The monoisotopic (exact) mass is 927 g/mol. The number of esters is 5. The third-order valence-electron chi connectivity index (χ3n) is 15.6. The number of ether oxygens (including phenoxy) is 6. The Morgan fingerprint density at radius 3 is 0.742 bits per heavy atom. The van der Waals surface area contributed by atoms with E-state index in [4.69, 9.17) is 28.4 Å². The van der Waals surface area contributed by atoms with Crippen LogP contribution in [0.4, 0.5) is 0 Å². The first-order valence-corrected chi connectivity index (χ1v) is 23.7. The SMILES string of the molecule is CC(C)(OC(=O)c1c(C(=O)OC(C)(C)C2CNC2)c(C(=O)OC(C)(C)C2CNC2)c(C(O)OC(C)(C)C2CNC2)c(C(=O)OC(C)(C)C2CNC2)c1C(=O)OC(C)(C)C1CNC1)C1CNC1. The van der Waals surface area contributed by atoms with Crippen molar-refractivity contribution in [1.29, 1.82) is 0 Å². The summed E-state index contributed by atoms with van der Waals surface area (Å²) in [6, 6.07) is 0. The molecule has 6 aliphatic heterocycles. The van der Waals surface area contributed by atoms with Crippen molar-refractivity contribution in [3.63, 3.8) is 0 Å². The highest BCUT2D eigenvalue weighted by atomic mass is 16.6. The molecule has 1 atom stereocenters. The molecule has 0 amide bonds. The highest BCUT2D eigenvalue weighted by Crippen LogP contribution is 2.43. The number of hydrogen-bond acceptors (Lipinski definition) is 18. The summed E-state index contributed by atoms with van der Waals surface area (Å²) in [7, 11) is 0. The molecule has 0 aromatic heterocycles. The van der Waals surface area contributed by atoms with Crippen molar-refractivity contribution in [3.05, 3.63) is 33.4 Å². The second kappa shape index (κ2) is 18.3. The van der Waals surface area contributed by atoms with E-state index in [1.165, 1.54) is 0 Å². The molecule has 0 bridgehead atoms. The van der Waals surface area contributed by atoms with Gasteiger partial charge in [0.25, 0.3) is 0 Å². The molecule has 6 heterocycles. The standard InChI is InChI=1S/C48H74N6O12/c1-43(2,25-13-49-14-25)61-37(55)31-32(38(56)62-44(3,4)26-15-50-16-26)34(40(58)64-46(7,8)28-19-52-20-28)36(42(60)66-48(11,12)30-23-54-24-30)35(41(59)65-47(9,10)29-21-53-22-29)33(31)39(57)63-45(5,6)27-17-51-18-27/h25-30,37,49-55H,13-24H2,1-12H3. The van der Waals surface area contributed by atoms with Crippen molar-refractivity contribution < 1.29 is 57.5 Å². The summed E-state index contributed by atoms with van der Waals surface area (Å²) in [6.45, 7) is 26.9. The molecule has 0 spiro atoms. The topological polar surface area (TPSA) is 233 Å². The van der Waals surface area contributed by atoms with Crippen molar-refractivity contribution in [2.75, 3.05) is 78.5 Å². The fraction of sp³-hybridized carbons (Fsp3) is 0.771. The van der Waals surface area contributed by atoms with Crippen molar-refractivity contribution in [3.8, 4) is 0 Å². The van der Waals surface area contributed by atoms with Gasteiger partial charge in [-0.05, 0) is 83.1 Å². The van der Waals surface area contributed by atoms with E-state index in [0.29, 0.717) is 78.5 Å². The molecule has 7 rings (SSSR count). The van der Waals surface area contributed by atoms with Crippen LogP contribution in [-0.4, -0.2) is 147 Å². The lowest BCUT2D eigenvalue weighted by Crippen LogP contribution is -2.56. The molecule has 66 heavy (non-hydrogen) atoms. The van der Waals surface area contributed by atoms with Gasteiger partial charge in [0.05, 0.1) is 33.4 Å². The molecule has 1 unspecified atom stereocenters. The maximum atomic E-state index is 15.5. The Balaban J connectivity index is 1.57. The Morgan fingerprint density at radius 1 is 0.364 bits per heavy atom. The molecule has 0 radical (unpaired) electrons. The molecule has 0 saturated carbocycles. The number of rotatable bonds is 19. The smallest absolute Gasteiger partial charge is 0.340 e. The van der Waals surface area contributed by atoms with E-state index in [1.54, 1.807) is 83.1 Å². The largest absolute Gasteiger partial charge is 0.456 e. The summed E-state index contributed by atoms with van der Waals surface area (Å²) >= 11 is 0. The number of aliphatic hydroxyl groups is 1. The molecule has 6 saturated heterocycles. The van der Waals surface area contributed by atoms with Gasteiger partial charge < -0.3 is 65.4 Å². The summed E-state index contributed by atoms with van der Waals surface area (Å²) in [4.78, 5) is 77.5. The van der Waals surface area contributed by atoms with Crippen molar-refractivity contribution in [1.82, 2.24) is 31.9 Å². The Bertz CT molecular complexity index is 1950. The van der Waals surface area contributed by atoms with Gasteiger partial charge in [0.15, 0.2) is 6.29 Å². The van der Waals surface area contributed by atoms with Gasteiger partial charge in [-0.1, -0.05) is 0 Å². The van der Waals surface area contributed by atoms with Gasteiger partial charge in [-0.15, -0.1) is 0 Å².